The quantitative estimate of drug-likeness (QED) is 0.516. The molecular formula is C21H28N4O5. The minimum absolute atomic E-state index is 0.00206. The fourth-order valence-electron chi connectivity index (χ4n) is 4.59. The zero-order valence-electron chi connectivity index (χ0n) is 17.3. The molecule has 30 heavy (non-hydrogen) atoms. The number of methoxy groups -OCH3 is 2. The second-order valence-electron chi connectivity index (χ2n) is 8.01. The average Bonchev–Trinajstić information content (AvgIpc) is 3.28. The van der Waals surface area contributed by atoms with Crippen molar-refractivity contribution in [1.82, 2.24) is 20.9 Å². The molecule has 4 atom stereocenters. The third-order valence-corrected chi connectivity index (χ3v) is 6.20. The lowest BCUT2D eigenvalue weighted by Crippen LogP contribution is -2.52. The molecule has 162 valence electrons. The Bertz CT molecular complexity index is 845. The van der Waals surface area contributed by atoms with Gasteiger partial charge in [-0.15, -0.1) is 0 Å². The van der Waals surface area contributed by atoms with Gasteiger partial charge in [-0.25, -0.2) is 0 Å². The molecule has 9 nitrogen and oxygen atoms in total. The first-order valence-corrected chi connectivity index (χ1v) is 10.3. The molecule has 0 aromatic heterocycles. The van der Waals surface area contributed by atoms with Crippen molar-refractivity contribution in [3.05, 3.63) is 34.9 Å². The molecule has 4 rings (SSSR count). The van der Waals surface area contributed by atoms with E-state index in [2.05, 4.69) is 16.0 Å². The summed E-state index contributed by atoms with van der Waals surface area (Å²) in [7, 11) is 3.39. The van der Waals surface area contributed by atoms with Crippen LogP contribution < -0.4 is 16.0 Å². The Morgan fingerprint density at radius 1 is 1.20 bits per heavy atom. The molecule has 3 aliphatic rings. The van der Waals surface area contributed by atoms with E-state index in [1.807, 2.05) is 18.2 Å². The number of nitrogens with one attached hydrogen (secondary N) is 3. The van der Waals surface area contributed by atoms with Crippen molar-refractivity contribution in [3.63, 3.8) is 0 Å². The smallest absolute Gasteiger partial charge is 0.255 e. The van der Waals surface area contributed by atoms with Crippen LogP contribution in [0.3, 0.4) is 0 Å². The lowest BCUT2D eigenvalue weighted by Gasteiger charge is -2.29. The molecule has 1 aromatic carbocycles. The number of amides is 3. The molecule has 0 aliphatic carbocycles. The first-order chi connectivity index (χ1) is 14.5. The minimum Gasteiger partial charge on any atom is -0.377 e. The summed E-state index contributed by atoms with van der Waals surface area (Å²) in [5.41, 5.74) is 2.61. The van der Waals surface area contributed by atoms with Crippen LogP contribution in [0.4, 0.5) is 0 Å². The summed E-state index contributed by atoms with van der Waals surface area (Å²) in [6.45, 7) is 2.54. The topological polar surface area (TPSA) is 109 Å². The number of fused-ring (bicyclic) bond motifs is 1. The summed E-state index contributed by atoms with van der Waals surface area (Å²) in [6, 6.07) is 5.36. The largest absolute Gasteiger partial charge is 0.377 e. The van der Waals surface area contributed by atoms with E-state index in [-0.39, 0.29) is 42.4 Å². The highest BCUT2D eigenvalue weighted by Crippen LogP contribution is 2.28. The fourth-order valence-corrected chi connectivity index (χ4v) is 4.59. The molecule has 3 aliphatic heterocycles. The lowest BCUT2D eigenvalue weighted by molar-refractivity contribution is -0.136. The monoisotopic (exact) mass is 416 g/mol. The van der Waals surface area contributed by atoms with Crippen molar-refractivity contribution >= 4 is 17.7 Å². The maximum atomic E-state index is 12.8. The van der Waals surface area contributed by atoms with Gasteiger partial charge in [0.15, 0.2) is 0 Å². The molecular weight excluding hydrogens is 388 g/mol. The number of rotatable bonds is 7. The predicted octanol–water partition coefficient (Wildman–Crippen LogP) is -0.461. The molecule has 3 heterocycles. The highest BCUT2D eigenvalue weighted by molar-refractivity contribution is 6.05. The molecule has 2 saturated heterocycles. The molecule has 0 bridgehead atoms. The van der Waals surface area contributed by atoms with Crippen molar-refractivity contribution in [3.8, 4) is 0 Å². The standard InChI is InChI=1S/C21H28N4O5/c1-29-17-10-23-15(19(17)30-2)9-22-8-12-3-4-14-13(7-12)11-25(21(14)28)16-5-6-18(26)24-20(16)27/h3-4,7,15-17,19,22-23H,5-6,8-11H2,1-2H3,(H,24,26,27)/t15-,16?,17+,19-/m0/s1. The maximum absolute atomic E-state index is 12.8. The van der Waals surface area contributed by atoms with E-state index in [9.17, 15) is 14.4 Å². The molecule has 3 N–H and O–H groups in total. The fraction of sp³-hybridized carbons (Fsp3) is 0.571. The van der Waals surface area contributed by atoms with Gasteiger partial charge in [0.1, 0.15) is 12.1 Å². The van der Waals surface area contributed by atoms with Crippen molar-refractivity contribution in [2.75, 3.05) is 27.3 Å². The summed E-state index contributed by atoms with van der Waals surface area (Å²) < 4.78 is 11.0. The van der Waals surface area contributed by atoms with Crippen LogP contribution in [-0.4, -0.2) is 74.2 Å². The van der Waals surface area contributed by atoms with Gasteiger partial charge in [-0.3, -0.25) is 19.7 Å². The minimum atomic E-state index is -0.586. The van der Waals surface area contributed by atoms with E-state index in [1.54, 1.807) is 19.1 Å². The first kappa shape index (κ1) is 20.9. The molecule has 2 fully saturated rings. The number of ether oxygens (including phenoxy) is 2. The number of carbonyl (C=O) groups excluding carboxylic acids is 3. The average molecular weight is 416 g/mol. The van der Waals surface area contributed by atoms with Crippen molar-refractivity contribution in [2.45, 2.75) is 50.2 Å². The summed E-state index contributed by atoms with van der Waals surface area (Å²) in [6.07, 6.45) is 0.678. The number of carbonyl (C=O) groups is 3. The van der Waals surface area contributed by atoms with Gasteiger partial charge in [0, 0.05) is 58.4 Å². The number of hydrogen-bond acceptors (Lipinski definition) is 7. The van der Waals surface area contributed by atoms with E-state index >= 15 is 0 Å². The van der Waals surface area contributed by atoms with Crippen LogP contribution >= 0.6 is 0 Å². The Kier molecular flexibility index (Phi) is 6.14. The van der Waals surface area contributed by atoms with E-state index in [1.165, 1.54) is 0 Å². The highest BCUT2D eigenvalue weighted by atomic mass is 16.5. The van der Waals surface area contributed by atoms with Crippen LogP contribution in [0.2, 0.25) is 0 Å². The van der Waals surface area contributed by atoms with Gasteiger partial charge in [0.2, 0.25) is 11.8 Å². The van der Waals surface area contributed by atoms with Gasteiger partial charge in [0.25, 0.3) is 5.91 Å². The van der Waals surface area contributed by atoms with Crippen molar-refractivity contribution < 1.29 is 23.9 Å². The summed E-state index contributed by atoms with van der Waals surface area (Å²) in [5.74, 6) is -0.818. The van der Waals surface area contributed by atoms with Crippen LogP contribution in [0.5, 0.6) is 0 Å². The van der Waals surface area contributed by atoms with Gasteiger partial charge in [-0.2, -0.15) is 0 Å². The number of piperidine rings is 1. The van der Waals surface area contributed by atoms with E-state index in [0.717, 1.165) is 24.2 Å². The van der Waals surface area contributed by atoms with Crippen LogP contribution in [0, 0.1) is 0 Å². The van der Waals surface area contributed by atoms with Gasteiger partial charge in [-0.05, 0) is 23.6 Å². The number of hydrogen-bond donors (Lipinski definition) is 3. The molecule has 1 unspecified atom stereocenters. The second kappa shape index (κ2) is 8.81. The Hall–Kier alpha value is -2.33. The summed E-state index contributed by atoms with van der Waals surface area (Å²) in [5, 5.41) is 9.19. The molecule has 1 aromatic rings. The van der Waals surface area contributed by atoms with E-state index in [4.69, 9.17) is 9.47 Å². The zero-order chi connectivity index (χ0) is 21.3. The maximum Gasteiger partial charge on any atom is 0.255 e. The van der Waals surface area contributed by atoms with Gasteiger partial charge in [0.05, 0.1) is 6.10 Å². The Labute approximate surface area is 175 Å². The molecule has 9 heteroatoms. The van der Waals surface area contributed by atoms with Crippen LogP contribution in [0.1, 0.15) is 34.3 Å². The van der Waals surface area contributed by atoms with E-state index in [0.29, 0.717) is 25.1 Å². The summed E-state index contributed by atoms with van der Waals surface area (Å²) in [4.78, 5) is 37.9. The Morgan fingerprint density at radius 3 is 2.77 bits per heavy atom. The lowest BCUT2D eigenvalue weighted by atomic mass is 10.0. The van der Waals surface area contributed by atoms with Crippen molar-refractivity contribution in [2.24, 2.45) is 0 Å². The number of benzene rings is 1. The molecule has 0 saturated carbocycles. The first-order valence-electron chi connectivity index (χ1n) is 10.3. The Balaban J connectivity index is 1.35. The van der Waals surface area contributed by atoms with Crippen LogP contribution in [0.25, 0.3) is 0 Å². The summed E-state index contributed by atoms with van der Waals surface area (Å²) >= 11 is 0. The van der Waals surface area contributed by atoms with Gasteiger partial charge in [-0.1, -0.05) is 12.1 Å². The molecule has 0 radical (unpaired) electrons. The highest BCUT2D eigenvalue weighted by Gasteiger charge is 2.39. The third-order valence-electron chi connectivity index (χ3n) is 6.20. The number of imide groups is 1. The second-order valence-corrected chi connectivity index (χ2v) is 8.01. The predicted molar refractivity (Wildman–Crippen MR) is 108 cm³/mol. The Morgan fingerprint density at radius 2 is 2.03 bits per heavy atom. The normalized spacial score (nSPS) is 28.7. The van der Waals surface area contributed by atoms with Gasteiger partial charge < -0.3 is 25.0 Å². The molecule has 3 amide bonds. The van der Waals surface area contributed by atoms with E-state index < -0.39 is 6.04 Å². The van der Waals surface area contributed by atoms with Crippen LogP contribution in [0.15, 0.2) is 18.2 Å². The SMILES string of the molecule is CO[C@H]1[C@H](CNCc2ccc3c(c2)CN(C2CCC(=O)NC2=O)C3=O)NC[C@H]1OC. The third kappa shape index (κ3) is 3.98. The van der Waals surface area contributed by atoms with Gasteiger partial charge >= 0.3 is 0 Å². The van der Waals surface area contributed by atoms with Crippen LogP contribution in [-0.2, 0) is 32.2 Å². The number of nitrogens with zero attached hydrogens (tertiary/aromatic N) is 1. The zero-order valence-corrected chi connectivity index (χ0v) is 17.3. The molecule has 0 spiro atoms. The van der Waals surface area contributed by atoms with Crippen molar-refractivity contribution in [1.29, 1.82) is 0 Å².